The van der Waals surface area contributed by atoms with Gasteiger partial charge in [-0.1, -0.05) is 24.3 Å². The van der Waals surface area contributed by atoms with Gasteiger partial charge in [-0.2, -0.15) is 4.31 Å². The maximum atomic E-state index is 12.9. The monoisotopic (exact) mass is 321 g/mol. The number of methoxy groups -OCH3 is 1. The molecule has 1 atom stereocenters. The minimum atomic E-state index is -3.62. The number of hydrogen-bond donors (Lipinski definition) is 0. The van der Waals surface area contributed by atoms with E-state index in [4.69, 9.17) is 4.74 Å². The predicted octanol–water partition coefficient (Wildman–Crippen LogP) is 1.94. The summed E-state index contributed by atoms with van der Waals surface area (Å²) in [5, 5.41) is 0. The van der Waals surface area contributed by atoms with Crippen LogP contribution in [0.25, 0.3) is 6.08 Å². The molecule has 0 radical (unpaired) electrons. The number of esters is 1. The van der Waals surface area contributed by atoms with E-state index in [-0.39, 0.29) is 0 Å². The summed E-state index contributed by atoms with van der Waals surface area (Å²) in [6, 6.07) is 7.11. The highest BCUT2D eigenvalue weighted by Gasteiger charge is 2.41. The number of carbonyl (C=O) groups excluding carboxylic acids is 1. The van der Waals surface area contributed by atoms with Gasteiger partial charge >= 0.3 is 5.97 Å². The summed E-state index contributed by atoms with van der Waals surface area (Å²) in [5.41, 5.74) is 2.11. The number of hydrogen-bond acceptors (Lipinski definition) is 4. The summed E-state index contributed by atoms with van der Waals surface area (Å²) in [5.74, 6) is -0.474. The summed E-state index contributed by atoms with van der Waals surface area (Å²) in [6.07, 6.45) is 4.13. The molecular weight excluding hydrogens is 302 g/mol. The van der Waals surface area contributed by atoms with Gasteiger partial charge in [-0.25, -0.2) is 8.42 Å². The van der Waals surface area contributed by atoms with Crippen molar-refractivity contribution in [1.29, 1.82) is 0 Å². The van der Waals surface area contributed by atoms with Gasteiger partial charge in [-0.3, -0.25) is 4.79 Å². The highest BCUT2D eigenvalue weighted by molar-refractivity contribution is 7.93. The van der Waals surface area contributed by atoms with E-state index in [1.165, 1.54) is 11.4 Å². The molecule has 3 rings (SSSR count). The van der Waals surface area contributed by atoms with Gasteiger partial charge < -0.3 is 4.74 Å². The molecule has 0 bridgehead atoms. The smallest absolute Gasteiger partial charge is 0.324 e. The first-order chi connectivity index (χ1) is 10.5. The van der Waals surface area contributed by atoms with E-state index in [0.717, 1.165) is 11.1 Å². The lowest BCUT2D eigenvalue weighted by Gasteiger charge is -2.25. The number of benzene rings is 1. The molecule has 6 heteroatoms. The second-order valence-electron chi connectivity index (χ2n) is 5.61. The quantitative estimate of drug-likeness (QED) is 0.798. The molecule has 1 aliphatic carbocycles. The first-order valence-corrected chi connectivity index (χ1v) is 8.86. The van der Waals surface area contributed by atoms with Crippen LogP contribution in [0.5, 0.6) is 0 Å². The van der Waals surface area contributed by atoms with Crippen LogP contribution in [0.3, 0.4) is 0 Å². The number of sulfonamides is 1. The van der Waals surface area contributed by atoms with E-state index in [1.807, 2.05) is 24.3 Å². The lowest BCUT2D eigenvalue weighted by atomic mass is 9.98. The zero-order valence-corrected chi connectivity index (χ0v) is 13.3. The van der Waals surface area contributed by atoms with Gasteiger partial charge in [0.15, 0.2) is 0 Å². The average molecular weight is 321 g/mol. The Morgan fingerprint density at radius 2 is 2.05 bits per heavy atom. The topological polar surface area (TPSA) is 63.7 Å². The van der Waals surface area contributed by atoms with Crippen LogP contribution in [-0.4, -0.2) is 38.4 Å². The van der Waals surface area contributed by atoms with Crippen molar-refractivity contribution in [3.05, 3.63) is 40.3 Å². The van der Waals surface area contributed by atoms with Crippen molar-refractivity contribution >= 4 is 22.1 Å². The van der Waals surface area contributed by atoms with Crippen LogP contribution in [0.4, 0.5) is 0 Å². The summed E-state index contributed by atoms with van der Waals surface area (Å²) in [4.78, 5) is 12.2. The van der Waals surface area contributed by atoms with E-state index < -0.39 is 22.0 Å². The van der Waals surface area contributed by atoms with Crippen LogP contribution in [0, 0.1) is 0 Å². The molecule has 118 valence electrons. The number of ether oxygens (including phenoxy) is 1. The Kier molecular flexibility index (Phi) is 4.06. The maximum absolute atomic E-state index is 12.9. The van der Waals surface area contributed by atoms with E-state index >= 15 is 0 Å². The van der Waals surface area contributed by atoms with Crippen molar-refractivity contribution in [3.8, 4) is 0 Å². The van der Waals surface area contributed by atoms with Gasteiger partial charge in [-0.05, 0) is 42.9 Å². The minimum Gasteiger partial charge on any atom is -0.468 e. The lowest BCUT2D eigenvalue weighted by molar-refractivity contribution is -0.144. The van der Waals surface area contributed by atoms with Gasteiger partial charge in [0.05, 0.1) is 12.0 Å². The molecule has 0 aromatic heterocycles. The SMILES string of the molecule is COC(=O)C1CCCN1S(=O)(=O)C1=Cc2ccccc2CC1. The molecule has 1 heterocycles. The highest BCUT2D eigenvalue weighted by atomic mass is 32.2. The molecule has 0 amide bonds. The molecule has 0 saturated carbocycles. The van der Waals surface area contributed by atoms with Crippen LogP contribution >= 0.6 is 0 Å². The Balaban J connectivity index is 1.94. The molecule has 1 saturated heterocycles. The average Bonchev–Trinajstić information content (AvgIpc) is 3.04. The number of fused-ring (bicyclic) bond motifs is 1. The molecule has 5 nitrogen and oxygen atoms in total. The predicted molar refractivity (Wildman–Crippen MR) is 83.4 cm³/mol. The van der Waals surface area contributed by atoms with Gasteiger partial charge in [0, 0.05) is 6.54 Å². The standard InChI is InChI=1S/C16H19NO4S/c1-21-16(18)15-7-4-10-17(15)22(19,20)14-9-8-12-5-2-3-6-13(12)11-14/h2-3,5-6,11,15H,4,7-10H2,1H3. The summed E-state index contributed by atoms with van der Waals surface area (Å²) in [6.45, 7) is 0.376. The van der Waals surface area contributed by atoms with Gasteiger partial charge in [0.1, 0.15) is 6.04 Å². The van der Waals surface area contributed by atoms with Crippen LogP contribution in [-0.2, 0) is 26.0 Å². The van der Waals surface area contributed by atoms with Gasteiger partial charge in [-0.15, -0.1) is 0 Å². The molecular formula is C16H19NO4S. The molecule has 1 unspecified atom stereocenters. The van der Waals surface area contributed by atoms with E-state index in [2.05, 4.69) is 0 Å². The fourth-order valence-corrected chi connectivity index (χ4v) is 4.99. The van der Waals surface area contributed by atoms with E-state index in [0.29, 0.717) is 37.1 Å². The number of nitrogens with zero attached hydrogens (tertiary/aromatic N) is 1. The Morgan fingerprint density at radius 3 is 2.82 bits per heavy atom. The summed E-state index contributed by atoms with van der Waals surface area (Å²) >= 11 is 0. The van der Waals surface area contributed by atoms with Crippen molar-refractivity contribution in [2.24, 2.45) is 0 Å². The van der Waals surface area contributed by atoms with Crippen molar-refractivity contribution in [2.75, 3.05) is 13.7 Å². The van der Waals surface area contributed by atoms with Gasteiger partial charge in [0.2, 0.25) is 10.0 Å². The summed E-state index contributed by atoms with van der Waals surface area (Å²) < 4.78 is 31.8. The molecule has 1 aromatic rings. The van der Waals surface area contributed by atoms with E-state index in [9.17, 15) is 13.2 Å². The van der Waals surface area contributed by atoms with Crippen molar-refractivity contribution < 1.29 is 17.9 Å². The van der Waals surface area contributed by atoms with Crippen LogP contribution < -0.4 is 0 Å². The fraction of sp³-hybridized carbons (Fsp3) is 0.438. The zero-order valence-electron chi connectivity index (χ0n) is 12.5. The molecule has 2 aliphatic rings. The van der Waals surface area contributed by atoms with Crippen molar-refractivity contribution in [2.45, 2.75) is 31.7 Å². The van der Waals surface area contributed by atoms with Crippen LogP contribution in [0.1, 0.15) is 30.4 Å². The largest absolute Gasteiger partial charge is 0.468 e. The van der Waals surface area contributed by atoms with E-state index in [1.54, 1.807) is 6.08 Å². The Morgan fingerprint density at radius 1 is 1.27 bits per heavy atom. The fourth-order valence-electron chi connectivity index (χ4n) is 3.16. The second kappa shape index (κ2) is 5.85. The molecule has 0 N–H and O–H groups in total. The zero-order chi connectivity index (χ0) is 15.7. The second-order valence-corrected chi connectivity index (χ2v) is 7.55. The molecule has 1 fully saturated rings. The van der Waals surface area contributed by atoms with Crippen molar-refractivity contribution in [1.82, 2.24) is 4.31 Å². The number of rotatable bonds is 3. The minimum absolute atomic E-state index is 0.376. The van der Waals surface area contributed by atoms with Crippen LogP contribution in [0.2, 0.25) is 0 Å². The highest BCUT2D eigenvalue weighted by Crippen LogP contribution is 2.32. The third kappa shape index (κ3) is 2.57. The first-order valence-electron chi connectivity index (χ1n) is 7.42. The molecule has 22 heavy (non-hydrogen) atoms. The Labute approximate surface area is 130 Å². The molecule has 0 spiro atoms. The summed E-state index contributed by atoms with van der Waals surface area (Å²) in [7, 11) is -2.32. The number of carbonyl (C=O) groups is 1. The first kappa shape index (κ1) is 15.2. The molecule has 1 aliphatic heterocycles. The van der Waals surface area contributed by atoms with Gasteiger partial charge in [0.25, 0.3) is 0 Å². The third-order valence-corrected chi connectivity index (χ3v) is 6.37. The normalized spacial score (nSPS) is 22.0. The Bertz CT molecular complexity index is 723. The number of allylic oxidation sites excluding steroid dienone is 1. The lowest BCUT2D eigenvalue weighted by Crippen LogP contribution is -2.41. The number of aryl methyl sites for hydroxylation is 1. The maximum Gasteiger partial charge on any atom is 0.324 e. The molecule has 1 aromatic carbocycles. The van der Waals surface area contributed by atoms with Crippen LogP contribution in [0.15, 0.2) is 29.2 Å². The third-order valence-electron chi connectivity index (χ3n) is 4.33. The van der Waals surface area contributed by atoms with Crippen molar-refractivity contribution in [3.63, 3.8) is 0 Å². The Hall–Kier alpha value is -1.66.